The number of fused-ring (bicyclic) bond motifs is 1. The van der Waals surface area contributed by atoms with Crippen molar-refractivity contribution in [3.05, 3.63) is 117 Å². The van der Waals surface area contributed by atoms with Crippen molar-refractivity contribution in [2.24, 2.45) is 5.41 Å². The van der Waals surface area contributed by atoms with Gasteiger partial charge in [0.25, 0.3) is 5.69 Å². The lowest BCUT2D eigenvalue weighted by Crippen LogP contribution is -2.47. The highest BCUT2D eigenvalue weighted by molar-refractivity contribution is 7.89. The standard InChI is InChI=1S/C45H53ClN8O5S/c1-4-51-18-15-36(30-51)50-41-12-11-39(25-42(41)54(55)56)60(57,58)49-27-33-7-10-37(24-43(33)59-38-23-32-14-17-47-44(32)48-28-38)53-21-19-52(20-22-53)29-34-13-16-45(2,3)26-40(34)31-5-8-35(46)9-6-31/h5-12,14,17,23-25,28,36,49-50H,4,13,15-16,18-22,26-27,29-30H2,1-3H3,(H,47,48)/t36-/m1/s1. The second-order valence-corrected chi connectivity index (χ2v) is 19.2. The Morgan fingerprint density at radius 1 is 1.00 bits per heavy atom. The van der Waals surface area contributed by atoms with Gasteiger partial charge < -0.3 is 24.8 Å². The predicted octanol–water partition coefficient (Wildman–Crippen LogP) is 8.69. The summed E-state index contributed by atoms with van der Waals surface area (Å²) in [6, 6.07) is 22.0. The van der Waals surface area contributed by atoms with Gasteiger partial charge in [-0.25, -0.2) is 18.1 Å². The number of H-pyrrole nitrogens is 1. The van der Waals surface area contributed by atoms with Crippen LogP contribution in [0, 0.1) is 15.5 Å². The molecule has 5 aromatic rings. The van der Waals surface area contributed by atoms with Gasteiger partial charge in [0.2, 0.25) is 10.0 Å². The first-order chi connectivity index (χ1) is 28.8. The topological polar surface area (TPSA) is 149 Å². The van der Waals surface area contributed by atoms with Crippen molar-refractivity contribution >= 4 is 55.3 Å². The SMILES string of the molecule is CCN1CC[C@@H](Nc2ccc(S(=O)(=O)NCc3ccc(N4CCN(CC5=C(c6ccc(Cl)cc6)CC(C)(C)CC5)CC4)cc3Oc3cnc4[nH]ccc4c3)cc2[N+](=O)[O-])C1. The number of aromatic nitrogens is 2. The monoisotopic (exact) mass is 852 g/mol. The Hall–Kier alpha value is -4.99. The Labute approximate surface area is 357 Å². The quantitative estimate of drug-likeness (QED) is 0.0732. The molecule has 0 spiro atoms. The van der Waals surface area contributed by atoms with E-state index < -0.39 is 14.9 Å². The molecule has 0 unspecified atom stereocenters. The zero-order valence-electron chi connectivity index (χ0n) is 34.4. The number of pyridine rings is 1. The number of allylic oxidation sites excluding steroid dienone is 1. The minimum Gasteiger partial charge on any atom is -0.455 e. The lowest BCUT2D eigenvalue weighted by Gasteiger charge is -2.39. The number of benzene rings is 3. The molecule has 15 heteroatoms. The number of nitro groups is 1. The number of sulfonamides is 1. The number of ether oxygens (including phenoxy) is 1. The molecule has 2 aromatic heterocycles. The Kier molecular flexibility index (Phi) is 12.2. The third-order valence-corrected chi connectivity index (χ3v) is 13.8. The number of piperazine rings is 1. The number of rotatable bonds is 14. The van der Waals surface area contributed by atoms with E-state index in [0.717, 1.165) is 99.4 Å². The highest BCUT2D eigenvalue weighted by Crippen LogP contribution is 2.43. The molecule has 3 N–H and O–H groups in total. The number of aromatic amines is 1. The van der Waals surface area contributed by atoms with Gasteiger partial charge in [-0.05, 0) is 91.2 Å². The lowest BCUT2D eigenvalue weighted by molar-refractivity contribution is -0.384. The fourth-order valence-corrected chi connectivity index (χ4v) is 9.80. The maximum atomic E-state index is 13.7. The lowest BCUT2D eigenvalue weighted by atomic mass is 9.72. The van der Waals surface area contributed by atoms with E-state index in [4.69, 9.17) is 16.3 Å². The van der Waals surface area contributed by atoms with Crippen molar-refractivity contribution in [2.45, 2.75) is 63.9 Å². The summed E-state index contributed by atoms with van der Waals surface area (Å²) in [7, 11) is -4.15. The maximum absolute atomic E-state index is 13.7. The summed E-state index contributed by atoms with van der Waals surface area (Å²) in [5, 5.41) is 17.0. The molecule has 2 saturated heterocycles. The minimum absolute atomic E-state index is 0.0451. The van der Waals surface area contributed by atoms with E-state index in [-0.39, 0.29) is 28.6 Å². The molecule has 1 atom stereocenters. The Morgan fingerprint density at radius 2 is 1.80 bits per heavy atom. The molecule has 3 aliphatic rings. The van der Waals surface area contributed by atoms with Crippen LogP contribution in [0.1, 0.15) is 57.6 Å². The van der Waals surface area contributed by atoms with Crippen molar-refractivity contribution < 1.29 is 18.1 Å². The first-order valence-corrected chi connectivity index (χ1v) is 22.6. The molecule has 0 saturated carbocycles. The van der Waals surface area contributed by atoms with Crippen LogP contribution in [0.5, 0.6) is 11.5 Å². The van der Waals surface area contributed by atoms with Crippen molar-refractivity contribution in [1.82, 2.24) is 24.5 Å². The first-order valence-electron chi connectivity index (χ1n) is 20.8. The summed E-state index contributed by atoms with van der Waals surface area (Å²) in [5.74, 6) is 0.997. The summed E-state index contributed by atoms with van der Waals surface area (Å²) in [6.45, 7) is 13.6. The number of anilines is 2. The number of nitrogens with zero attached hydrogens (tertiary/aromatic N) is 5. The molecule has 0 amide bonds. The maximum Gasteiger partial charge on any atom is 0.293 e. The van der Waals surface area contributed by atoms with Crippen molar-refractivity contribution in [2.75, 3.05) is 62.6 Å². The fraction of sp³-hybridized carbons (Fsp3) is 0.400. The molecule has 8 rings (SSSR count). The zero-order valence-corrected chi connectivity index (χ0v) is 36.0. The molecule has 4 heterocycles. The molecule has 0 bridgehead atoms. The summed E-state index contributed by atoms with van der Waals surface area (Å²) in [4.78, 5) is 26.1. The van der Waals surface area contributed by atoms with Crippen molar-refractivity contribution in [1.29, 1.82) is 0 Å². The Balaban J connectivity index is 0.988. The molecule has 3 aromatic carbocycles. The average molecular weight is 853 g/mol. The number of nitrogens with one attached hydrogen (secondary N) is 3. The van der Waals surface area contributed by atoms with Crippen LogP contribution in [0.25, 0.3) is 16.6 Å². The van der Waals surface area contributed by atoms with Crippen LogP contribution in [0.3, 0.4) is 0 Å². The second-order valence-electron chi connectivity index (χ2n) is 17.0. The molecule has 13 nitrogen and oxygen atoms in total. The summed E-state index contributed by atoms with van der Waals surface area (Å²) in [5.41, 5.74) is 6.79. The fourth-order valence-electron chi connectivity index (χ4n) is 8.65. The van der Waals surface area contributed by atoms with E-state index in [2.05, 4.69) is 67.6 Å². The molecule has 2 fully saturated rings. The summed E-state index contributed by atoms with van der Waals surface area (Å²) in [6.07, 6.45) is 7.60. The van der Waals surface area contributed by atoms with E-state index >= 15 is 0 Å². The van der Waals surface area contributed by atoms with Gasteiger partial charge in [-0.15, -0.1) is 0 Å². The molecule has 2 aliphatic heterocycles. The van der Waals surface area contributed by atoms with Crippen LogP contribution in [-0.4, -0.2) is 91.5 Å². The number of likely N-dealkylation sites (N-methyl/N-ethyl adjacent to an activating group) is 1. The van der Waals surface area contributed by atoms with Gasteiger partial charge in [-0.2, -0.15) is 0 Å². The normalized spacial score (nSPS) is 18.9. The van der Waals surface area contributed by atoms with Crippen LogP contribution in [0.2, 0.25) is 5.02 Å². The van der Waals surface area contributed by atoms with Gasteiger partial charge in [0.05, 0.1) is 16.0 Å². The van der Waals surface area contributed by atoms with Gasteiger partial charge in [0, 0.05) is 98.4 Å². The largest absolute Gasteiger partial charge is 0.455 e. The highest BCUT2D eigenvalue weighted by atomic mass is 35.5. The first kappa shape index (κ1) is 41.7. The number of hydrogen-bond acceptors (Lipinski definition) is 10. The molecule has 316 valence electrons. The van der Waals surface area contributed by atoms with Crippen LogP contribution in [-0.2, 0) is 16.6 Å². The van der Waals surface area contributed by atoms with E-state index in [1.165, 1.54) is 35.3 Å². The second kappa shape index (κ2) is 17.5. The van der Waals surface area contributed by atoms with Gasteiger partial charge in [0.1, 0.15) is 22.8 Å². The third-order valence-electron chi connectivity index (χ3n) is 12.2. The predicted molar refractivity (Wildman–Crippen MR) is 239 cm³/mol. The summed E-state index contributed by atoms with van der Waals surface area (Å²) >= 11 is 6.25. The van der Waals surface area contributed by atoms with Crippen LogP contribution in [0.4, 0.5) is 17.1 Å². The van der Waals surface area contributed by atoms with Gasteiger partial charge >= 0.3 is 0 Å². The van der Waals surface area contributed by atoms with Crippen molar-refractivity contribution in [3.63, 3.8) is 0 Å². The van der Waals surface area contributed by atoms with Gasteiger partial charge in [-0.1, -0.05) is 56.1 Å². The van der Waals surface area contributed by atoms with E-state index in [1.807, 2.05) is 48.7 Å². The van der Waals surface area contributed by atoms with Crippen LogP contribution >= 0.6 is 11.6 Å². The van der Waals surface area contributed by atoms with Gasteiger partial charge in [-0.3, -0.25) is 15.0 Å². The smallest absolute Gasteiger partial charge is 0.293 e. The van der Waals surface area contributed by atoms with Crippen LogP contribution in [0.15, 0.2) is 95.7 Å². The van der Waals surface area contributed by atoms with E-state index in [1.54, 1.807) is 6.20 Å². The minimum atomic E-state index is -4.15. The average Bonchev–Trinajstić information content (AvgIpc) is 3.91. The molecule has 0 radical (unpaired) electrons. The van der Waals surface area contributed by atoms with Gasteiger partial charge in [0.15, 0.2) is 0 Å². The third kappa shape index (κ3) is 9.63. The van der Waals surface area contributed by atoms with Crippen LogP contribution < -0.4 is 19.7 Å². The number of halogens is 1. The number of hydrogen-bond donors (Lipinski definition) is 3. The number of nitro benzene ring substituents is 1. The molecule has 1 aliphatic carbocycles. The van der Waals surface area contributed by atoms with E-state index in [0.29, 0.717) is 22.7 Å². The Bertz CT molecular complexity index is 2500. The molecular formula is C45H53ClN8O5S. The Morgan fingerprint density at radius 3 is 2.55 bits per heavy atom. The van der Waals surface area contributed by atoms with E-state index in [9.17, 15) is 18.5 Å². The molecule has 60 heavy (non-hydrogen) atoms. The van der Waals surface area contributed by atoms with Crippen molar-refractivity contribution in [3.8, 4) is 11.5 Å². The summed E-state index contributed by atoms with van der Waals surface area (Å²) < 4.78 is 36.5. The zero-order chi connectivity index (χ0) is 42.0. The number of likely N-dealkylation sites (tertiary alicyclic amines) is 1. The highest BCUT2D eigenvalue weighted by Gasteiger charge is 2.30. The molecular weight excluding hydrogens is 800 g/mol.